The molecule has 1 aromatic rings. The van der Waals surface area contributed by atoms with Crippen molar-refractivity contribution < 1.29 is 9.47 Å². The van der Waals surface area contributed by atoms with Gasteiger partial charge in [-0.05, 0) is 18.6 Å². The summed E-state index contributed by atoms with van der Waals surface area (Å²) in [5, 5.41) is 8.67. The first-order chi connectivity index (χ1) is 8.48. The summed E-state index contributed by atoms with van der Waals surface area (Å²) in [5.74, 6) is 0.932. The fourth-order valence-electron chi connectivity index (χ4n) is 2.18. The Balaban J connectivity index is 2.23. The van der Waals surface area contributed by atoms with E-state index in [1.165, 1.54) is 0 Å². The lowest BCUT2D eigenvalue weighted by Crippen LogP contribution is -2.50. The van der Waals surface area contributed by atoms with Gasteiger partial charge in [0.2, 0.25) is 0 Å². The molecule has 0 unspecified atom stereocenters. The number of unbranched alkanes of at least 4 members (excludes halogenated alkanes) is 1. The Kier molecular flexibility index (Phi) is 3.21. The quantitative estimate of drug-likeness (QED) is 0.758. The zero-order chi connectivity index (χ0) is 13.2. The Bertz CT molecular complexity index is 443. The molecule has 3 heteroatoms. The molecule has 0 saturated carbocycles. The maximum Gasteiger partial charge on any atom is 0.256 e. The van der Waals surface area contributed by atoms with E-state index in [0.717, 1.165) is 24.3 Å². The van der Waals surface area contributed by atoms with Gasteiger partial charge in [0.1, 0.15) is 0 Å². The Morgan fingerprint density at radius 2 is 1.72 bits per heavy atom. The predicted molar refractivity (Wildman–Crippen MR) is 69.3 cm³/mol. The third-order valence-electron chi connectivity index (χ3n) is 3.34. The van der Waals surface area contributed by atoms with Gasteiger partial charge in [-0.15, -0.1) is 0 Å². The van der Waals surface area contributed by atoms with Crippen molar-refractivity contribution in [2.24, 2.45) is 5.41 Å². The topological polar surface area (TPSA) is 42.2 Å². The average Bonchev–Trinajstić information content (AvgIpc) is 2.68. The Morgan fingerprint density at radius 3 is 2.17 bits per heavy atom. The molecule has 1 heterocycles. The van der Waals surface area contributed by atoms with Gasteiger partial charge < -0.3 is 9.47 Å². The van der Waals surface area contributed by atoms with Crippen LogP contribution in [0.25, 0.3) is 0 Å². The Hall–Kier alpha value is -1.69. The number of para-hydroxylation sites is 2. The van der Waals surface area contributed by atoms with Crippen molar-refractivity contribution in [1.29, 1.82) is 5.26 Å². The number of hydrogen-bond donors (Lipinski definition) is 0. The second-order valence-electron chi connectivity index (χ2n) is 5.67. The van der Waals surface area contributed by atoms with E-state index < -0.39 is 5.79 Å². The van der Waals surface area contributed by atoms with Crippen molar-refractivity contribution >= 4 is 0 Å². The van der Waals surface area contributed by atoms with E-state index in [0.29, 0.717) is 6.42 Å². The van der Waals surface area contributed by atoms with Crippen LogP contribution in [0.4, 0.5) is 0 Å². The van der Waals surface area contributed by atoms with Gasteiger partial charge in [-0.3, -0.25) is 0 Å². The SMILES string of the molecule is CC(C)(C)C1(CCCC#N)Oc2ccccc2O1. The molecule has 0 aromatic heterocycles. The summed E-state index contributed by atoms with van der Waals surface area (Å²) in [5.41, 5.74) is -0.151. The van der Waals surface area contributed by atoms with Crippen LogP contribution in [0, 0.1) is 16.7 Å². The molecular weight excluding hydrogens is 226 g/mol. The molecule has 0 spiro atoms. The highest BCUT2D eigenvalue weighted by molar-refractivity contribution is 5.43. The van der Waals surface area contributed by atoms with Crippen LogP contribution in [0.15, 0.2) is 24.3 Å². The number of nitrogens with zero attached hydrogens (tertiary/aromatic N) is 1. The predicted octanol–water partition coefficient (Wildman–Crippen LogP) is 3.89. The highest BCUT2D eigenvalue weighted by atomic mass is 16.7. The lowest BCUT2D eigenvalue weighted by atomic mass is 9.82. The normalized spacial score (nSPS) is 16.3. The number of rotatable bonds is 3. The van der Waals surface area contributed by atoms with Crippen LogP contribution in [-0.2, 0) is 0 Å². The van der Waals surface area contributed by atoms with Gasteiger partial charge in [0.05, 0.1) is 6.07 Å². The molecule has 1 aliphatic heterocycles. The van der Waals surface area contributed by atoms with E-state index in [4.69, 9.17) is 14.7 Å². The van der Waals surface area contributed by atoms with Gasteiger partial charge >= 0.3 is 0 Å². The smallest absolute Gasteiger partial charge is 0.256 e. The van der Waals surface area contributed by atoms with Gasteiger partial charge in [0, 0.05) is 18.3 Å². The summed E-state index contributed by atoms with van der Waals surface area (Å²) in [6.07, 6.45) is 2.03. The van der Waals surface area contributed by atoms with Crippen molar-refractivity contribution in [3.05, 3.63) is 24.3 Å². The minimum atomic E-state index is -0.659. The first-order valence-electron chi connectivity index (χ1n) is 6.32. The molecule has 0 amide bonds. The number of fused-ring (bicyclic) bond motifs is 1. The molecule has 0 atom stereocenters. The largest absolute Gasteiger partial charge is 0.448 e. The fourth-order valence-corrected chi connectivity index (χ4v) is 2.18. The van der Waals surface area contributed by atoms with E-state index in [1.54, 1.807) is 0 Å². The van der Waals surface area contributed by atoms with Gasteiger partial charge in [-0.25, -0.2) is 0 Å². The first kappa shape index (κ1) is 12.8. The van der Waals surface area contributed by atoms with Crippen LogP contribution in [0.1, 0.15) is 40.0 Å². The van der Waals surface area contributed by atoms with Gasteiger partial charge in [0.15, 0.2) is 11.5 Å². The average molecular weight is 245 g/mol. The van der Waals surface area contributed by atoms with E-state index in [9.17, 15) is 0 Å². The number of ether oxygens (including phenoxy) is 2. The molecule has 0 N–H and O–H groups in total. The number of benzene rings is 1. The molecule has 1 aromatic carbocycles. The lowest BCUT2D eigenvalue weighted by Gasteiger charge is -2.39. The summed E-state index contributed by atoms with van der Waals surface area (Å²) >= 11 is 0. The molecule has 18 heavy (non-hydrogen) atoms. The van der Waals surface area contributed by atoms with Crippen LogP contribution in [0.2, 0.25) is 0 Å². The summed E-state index contributed by atoms with van der Waals surface area (Å²) < 4.78 is 12.1. The highest BCUT2D eigenvalue weighted by Crippen LogP contribution is 2.48. The molecule has 0 fully saturated rings. The Morgan fingerprint density at radius 1 is 1.17 bits per heavy atom. The van der Waals surface area contributed by atoms with Crippen molar-refractivity contribution in [1.82, 2.24) is 0 Å². The maximum absolute atomic E-state index is 8.67. The van der Waals surface area contributed by atoms with Crippen molar-refractivity contribution in [3.63, 3.8) is 0 Å². The second-order valence-corrected chi connectivity index (χ2v) is 5.67. The third kappa shape index (κ3) is 2.15. The van der Waals surface area contributed by atoms with E-state index in [2.05, 4.69) is 26.8 Å². The number of hydrogen-bond acceptors (Lipinski definition) is 3. The molecular formula is C15H19NO2. The van der Waals surface area contributed by atoms with Crippen LogP contribution < -0.4 is 9.47 Å². The molecule has 96 valence electrons. The van der Waals surface area contributed by atoms with Gasteiger partial charge in [-0.2, -0.15) is 5.26 Å². The van der Waals surface area contributed by atoms with E-state index in [-0.39, 0.29) is 5.41 Å². The molecule has 0 aliphatic carbocycles. The molecule has 0 saturated heterocycles. The van der Waals surface area contributed by atoms with Crippen molar-refractivity contribution in [3.8, 4) is 17.6 Å². The first-order valence-corrected chi connectivity index (χ1v) is 6.32. The molecule has 3 nitrogen and oxygen atoms in total. The minimum absolute atomic E-state index is 0.151. The maximum atomic E-state index is 8.67. The van der Waals surface area contributed by atoms with Crippen molar-refractivity contribution in [2.75, 3.05) is 0 Å². The van der Waals surface area contributed by atoms with Crippen LogP contribution >= 0.6 is 0 Å². The third-order valence-corrected chi connectivity index (χ3v) is 3.34. The minimum Gasteiger partial charge on any atom is -0.448 e. The zero-order valence-electron chi connectivity index (χ0n) is 11.2. The zero-order valence-corrected chi connectivity index (χ0v) is 11.2. The second kappa shape index (κ2) is 4.53. The van der Waals surface area contributed by atoms with Gasteiger partial charge in [-0.1, -0.05) is 32.9 Å². The van der Waals surface area contributed by atoms with Crippen LogP contribution in [0.5, 0.6) is 11.5 Å². The van der Waals surface area contributed by atoms with Crippen molar-refractivity contribution in [2.45, 2.75) is 45.8 Å². The summed E-state index contributed by atoms with van der Waals surface area (Å²) in [6, 6.07) is 9.90. The Labute approximate surface area is 108 Å². The number of nitriles is 1. The monoisotopic (exact) mass is 245 g/mol. The molecule has 1 aliphatic rings. The standard InChI is InChI=1S/C15H19NO2/c1-14(2,3)15(10-6-7-11-16)17-12-8-4-5-9-13(12)18-15/h4-5,8-9H,6-7,10H2,1-3H3. The molecule has 2 rings (SSSR count). The molecule has 0 bridgehead atoms. The van der Waals surface area contributed by atoms with Crippen LogP contribution in [0.3, 0.4) is 0 Å². The van der Waals surface area contributed by atoms with Gasteiger partial charge in [0.25, 0.3) is 5.79 Å². The van der Waals surface area contributed by atoms with E-state index >= 15 is 0 Å². The summed E-state index contributed by atoms with van der Waals surface area (Å²) in [7, 11) is 0. The van der Waals surface area contributed by atoms with E-state index in [1.807, 2.05) is 24.3 Å². The lowest BCUT2D eigenvalue weighted by molar-refractivity contribution is -0.164. The summed E-state index contributed by atoms with van der Waals surface area (Å²) in [6.45, 7) is 6.31. The summed E-state index contributed by atoms with van der Waals surface area (Å²) in [4.78, 5) is 0. The molecule has 0 radical (unpaired) electrons. The highest BCUT2D eigenvalue weighted by Gasteiger charge is 2.50. The van der Waals surface area contributed by atoms with Crippen LogP contribution in [-0.4, -0.2) is 5.79 Å². The fraction of sp³-hybridized carbons (Fsp3) is 0.533.